The summed E-state index contributed by atoms with van der Waals surface area (Å²) in [6, 6.07) is 0.268. The highest BCUT2D eigenvalue weighted by atomic mass is 16.3. The van der Waals surface area contributed by atoms with Crippen molar-refractivity contribution < 1.29 is 14.7 Å². The quantitative estimate of drug-likeness (QED) is 0.325. The number of aliphatic hydroxyl groups is 1. The molecule has 2 aliphatic rings. The molecule has 1 heterocycles. The Morgan fingerprint density at radius 2 is 2.17 bits per heavy atom. The molecule has 134 valence electrons. The average Bonchev–Trinajstić information content (AvgIpc) is 3.05. The number of carbonyl (C=O) groups is 2. The third-order valence-corrected chi connectivity index (χ3v) is 4.99. The first-order valence-electron chi connectivity index (χ1n) is 8.56. The smallest absolute Gasteiger partial charge is 0.272 e. The summed E-state index contributed by atoms with van der Waals surface area (Å²) in [5, 5.41) is 19.7. The maximum atomic E-state index is 12.7. The number of hydrogen-bond acceptors (Lipinski definition) is 6. The first kappa shape index (κ1) is 18.6. The topological polar surface area (TPSA) is 85.2 Å². The molecule has 0 aromatic carbocycles. The Labute approximate surface area is 143 Å². The van der Waals surface area contributed by atoms with Crippen LogP contribution in [0.2, 0.25) is 0 Å². The molecule has 2 N–H and O–H groups in total. The summed E-state index contributed by atoms with van der Waals surface area (Å²) in [5.74, 6) is -0.277. The number of rotatable bonds is 6. The number of amides is 1. The van der Waals surface area contributed by atoms with Crippen LogP contribution >= 0.6 is 0 Å². The van der Waals surface area contributed by atoms with Gasteiger partial charge in [-0.2, -0.15) is 5.10 Å². The monoisotopic (exact) mass is 336 g/mol. The van der Waals surface area contributed by atoms with Gasteiger partial charge in [-0.1, -0.05) is 19.4 Å². The van der Waals surface area contributed by atoms with Crippen LogP contribution in [0.15, 0.2) is 17.4 Å². The molecule has 7 heteroatoms. The number of nitrogens with zero attached hydrogens (tertiary/aromatic N) is 3. The largest absolute Gasteiger partial charge is 0.376 e. The van der Waals surface area contributed by atoms with Gasteiger partial charge in [0.25, 0.3) is 5.91 Å². The lowest BCUT2D eigenvalue weighted by atomic mass is 9.92. The van der Waals surface area contributed by atoms with Crippen molar-refractivity contribution >= 4 is 17.9 Å². The van der Waals surface area contributed by atoms with E-state index in [-0.39, 0.29) is 29.9 Å². The third kappa shape index (κ3) is 3.52. The molecule has 2 atom stereocenters. The Morgan fingerprint density at radius 1 is 1.54 bits per heavy atom. The SMILES string of the molecule is C=C1C(=O)N(CC)C(C)(C(O)NC2CCCC2)CN1/N=C(\C)C=O. The van der Waals surface area contributed by atoms with Crippen LogP contribution in [-0.4, -0.2) is 63.8 Å². The van der Waals surface area contributed by atoms with Crippen molar-refractivity contribution in [1.29, 1.82) is 0 Å². The number of likely N-dealkylation sites (N-methyl/N-ethyl adjacent to an activating group) is 1. The van der Waals surface area contributed by atoms with Gasteiger partial charge >= 0.3 is 0 Å². The zero-order chi connectivity index (χ0) is 17.9. The van der Waals surface area contributed by atoms with Gasteiger partial charge in [0.1, 0.15) is 11.9 Å². The minimum atomic E-state index is -0.883. The number of hydrazone groups is 1. The fraction of sp³-hybridized carbons (Fsp3) is 0.706. The Morgan fingerprint density at radius 3 is 2.71 bits per heavy atom. The summed E-state index contributed by atoms with van der Waals surface area (Å²) in [6.45, 7) is 9.82. The Kier molecular flexibility index (Phi) is 5.77. The number of piperazine rings is 1. The maximum absolute atomic E-state index is 12.7. The zero-order valence-electron chi connectivity index (χ0n) is 14.8. The van der Waals surface area contributed by atoms with E-state index in [4.69, 9.17) is 0 Å². The fourth-order valence-corrected chi connectivity index (χ4v) is 3.53. The van der Waals surface area contributed by atoms with Gasteiger partial charge in [0, 0.05) is 12.6 Å². The standard InChI is InChI=1S/C17H28N4O3/c1-5-20-15(23)13(3)21(19-12(2)10-22)11-17(20,4)16(24)18-14-8-6-7-9-14/h10,14,16,18,24H,3,5-9,11H2,1-2,4H3/b19-12+. The van der Waals surface area contributed by atoms with E-state index >= 15 is 0 Å². The summed E-state index contributed by atoms with van der Waals surface area (Å²) < 4.78 is 0. The Hall–Kier alpha value is -1.73. The van der Waals surface area contributed by atoms with Crippen molar-refractivity contribution in [2.75, 3.05) is 13.1 Å². The molecule has 1 aliphatic heterocycles. The Balaban J connectivity index is 2.26. The van der Waals surface area contributed by atoms with E-state index in [1.165, 1.54) is 5.01 Å². The number of aldehydes is 1. The maximum Gasteiger partial charge on any atom is 0.272 e. The van der Waals surface area contributed by atoms with Crippen LogP contribution in [-0.2, 0) is 9.59 Å². The van der Waals surface area contributed by atoms with Crippen LogP contribution in [0, 0.1) is 0 Å². The molecule has 24 heavy (non-hydrogen) atoms. The molecule has 0 spiro atoms. The van der Waals surface area contributed by atoms with E-state index in [2.05, 4.69) is 17.0 Å². The fourth-order valence-electron chi connectivity index (χ4n) is 3.53. The number of nitrogens with one attached hydrogen (secondary N) is 1. The molecule has 0 radical (unpaired) electrons. The van der Waals surface area contributed by atoms with Gasteiger partial charge in [-0.05, 0) is 33.6 Å². The summed E-state index contributed by atoms with van der Waals surface area (Å²) >= 11 is 0. The van der Waals surface area contributed by atoms with Gasteiger partial charge in [-0.15, -0.1) is 0 Å². The molecule has 7 nitrogen and oxygen atoms in total. The lowest BCUT2D eigenvalue weighted by Gasteiger charge is -2.50. The Bertz CT molecular complexity index is 542. The predicted octanol–water partition coefficient (Wildman–Crippen LogP) is 0.848. The van der Waals surface area contributed by atoms with Crippen molar-refractivity contribution in [2.24, 2.45) is 5.10 Å². The van der Waals surface area contributed by atoms with Crippen LogP contribution in [0.25, 0.3) is 0 Å². The van der Waals surface area contributed by atoms with E-state index in [0.29, 0.717) is 12.8 Å². The minimum Gasteiger partial charge on any atom is -0.376 e. The van der Waals surface area contributed by atoms with Crippen molar-refractivity contribution in [2.45, 2.75) is 64.3 Å². The van der Waals surface area contributed by atoms with E-state index in [1.807, 2.05) is 13.8 Å². The molecule has 1 saturated heterocycles. The number of hydrogen-bond donors (Lipinski definition) is 2. The van der Waals surface area contributed by atoms with E-state index in [9.17, 15) is 14.7 Å². The summed E-state index contributed by atoms with van der Waals surface area (Å²) in [5.41, 5.74) is -0.388. The van der Waals surface area contributed by atoms with Crippen LogP contribution in [0.4, 0.5) is 0 Å². The summed E-state index contributed by atoms with van der Waals surface area (Å²) in [7, 11) is 0. The highest BCUT2D eigenvalue weighted by molar-refractivity contribution is 6.27. The predicted molar refractivity (Wildman–Crippen MR) is 92.2 cm³/mol. The molecule has 2 unspecified atom stereocenters. The van der Waals surface area contributed by atoms with Crippen molar-refractivity contribution in [3.8, 4) is 0 Å². The molecule has 1 aliphatic carbocycles. The molecule has 2 fully saturated rings. The summed E-state index contributed by atoms with van der Waals surface area (Å²) in [4.78, 5) is 25.2. The molecular formula is C17H28N4O3. The highest BCUT2D eigenvalue weighted by Crippen LogP contribution is 2.30. The van der Waals surface area contributed by atoms with Crippen LogP contribution in [0.1, 0.15) is 46.5 Å². The lowest BCUT2D eigenvalue weighted by Crippen LogP contribution is -2.69. The highest BCUT2D eigenvalue weighted by Gasteiger charge is 2.48. The first-order chi connectivity index (χ1) is 11.3. The van der Waals surface area contributed by atoms with Gasteiger partial charge in [0.15, 0.2) is 6.29 Å². The molecule has 0 aromatic rings. The van der Waals surface area contributed by atoms with Gasteiger partial charge in [-0.3, -0.25) is 19.9 Å². The molecule has 1 amide bonds. The van der Waals surface area contributed by atoms with E-state index in [1.54, 1.807) is 11.8 Å². The average molecular weight is 336 g/mol. The third-order valence-electron chi connectivity index (χ3n) is 4.99. The van der Waals surface area contributed by atoms with Gasteiger partial charge in [-0.25, -0.2) is 0 Å². The number of carbonyl (C=O) groups excluding carboxylic acids is 2. The second-order valence-corrected chi connectivity index (χ2v) is 6.82. The van der Waals surface area contributed by atoms with E-state index < -0.39 is 11.8 Å². The van der Waals surface area contributed by atoms with Gasteiger partial charge in [0.05, 0.1) is 17.8 Å². The molecule has 2 rings (SSSR count). The van der Waals surface area contributed by atoms with Gasteiger partial charge in [0.2, 0.25) is 0 Å². The molecule has 0 aromatic heterocycles. The lowest BCUT2D eigenvalue weighted by molar-refractivity contribution is -0.150. The second-order valence-electron chi connectivity index (χ2n) is 6.82. The first-order valence-corrected chi connectivity index (χ1v) is 8.56. The van der Waals surface area contributed by atoms with Crippen molar-refractivity contribution in [3.63, 3.8) is 0 Å². The number of aliphatic hydroxyl groups excluding tert-OH is 1. The van der Waals surface area contributed by atoms with Gasteiger partial charge < -0.3 is 10.0 Å². The normalized spacial score (nSPS) is 27.8. The molecule has 1 saturated carbocycles. The second kappa shape index (κ2) is 7.44. The van der Waals surface area contributed by atoms with Crippen LogP contribution in [0.3, 0.4) is 0 Å². The summed E-state index contributed by atoms with van der Waals surface area (Å²) in [6.07, 6.45) is 4.13. The van der Waals surface area contributed by atoms with Crippen molar-refractivity contribution in [1.82, 2.24) is 15.2 Å². The minimum absolute atomic E-state index is 0.212. The van der Waals surface area contributed by atoms with Crippen LogP contribution in [0.5, 0.6) is 0 Å². The van der Waals surface area contributed by atoms with Crippen molar-refractivity contribution in [3.05, 3.63) is 12.3 Å². The zero-order valence-corrected chi connectivity index (χ0v) is 14.8. The van der Waals surface area contributed by atoms with E-state index in [0.717, 1.165) is 25.7 Å². The molecule has 0 bridgehead atoms. The molecular weight excluding hydrogens is 308 g/mol. The van der Waals surface area contributed by atoms with Crippen LogP contribution < -0.4 is 5.32 Å².